The van der Waals surface area contributed by atoms with E-state index in [2.05, 4.69) is 26.8 Å². The zero-order valence-electron chi connectivity index (χ0n) is 18.5. The van der Waals surface area contributed by atoms with E-state index in [1.807, 2.05) is 0 Å². The first-order valence-corrected chi connectivity index (χ1v) is 11.4. The largest absolute Gasteiger partial charge is 0.481 e. The summed E-state index contributed by atoms with van der Waals surface area (Å²) in [5.74, 6) is 0.541. The van der Waals surface area contributed by atoms with Crippen molar-refractivity contribution in [3.63, 3.8) is 0 Å². The minimum atomic E-state index is -0.724. The van der Waals surface area contributed by atoms with Crippen molar-refractivity contribution in [2.75, 3.05) is 0 Å². The fourth-order valence-electron chi connectivity index (χ4n) is 7.87. The third-order valence-electron chi connectivity index (χ3n) is 9.13. The monoisotopic (exact) mass is 414 g/mol. The van der Waals surface area contributed by atoms with E-state index in [1.165, 1.54) is 6.92 Å². The highest BCUT2D eigenvalue weighted by Crippen LogP contribution is 2.67. The fourth-order valence-corrected chi connectivity index (χ4v) is 7.87. The van der Waals surface area contributed by atoms with E-state index in [0.29, 0.717) is 24.2 Å². The lowest BCUT2D eigenvalue weighted by molar-refractivity contribution is -0.164. The Morgan fingerprint density at radius 3 is 2.63 bits per heavy atom. The van der Waals surface area contributed by atoms with Crippen molar-refractivity contribution in [1.29, 1.82) is 0 Å². The second kappa shape index (κ2) is 7.35. The molecular weight excluding hydrogens is 380 g/mol. The Hall–Kier alpha value is -1.91. The second-order valence-electron chi connectivity index (χ2n) is 10.6. The molecule has 0 amide bonds. The van der Waals surface area contributed by atoms with Crippen LogP contribution in [0.1, 0.15) is 66.2 Å². The third-order valence-corrected chi connectivity index (χ3v) is 9.13. The number of esters is 1. The Balaban J connectivity index is 1.70. The molecule has 0 bridgehead atoms. The lowest BCUT2D eigenvalue weighted by Crippen LogP contribution is -2.55. The molecule has 5 nitrogen and oxygen atoms in total. The molecule has 0 aromatic rings. The Bertz CT molecular complexity index is 825. The number of hydrogen-bond acceptors (Lipinski definition) is 4. The van der Waals surface area contributed by atoms with Crippen molar-refractivity contribution in [2.24, 2.45) is 40.4 Å². The van der Waals surface area contributed by atoms with Crippen molar-refractivity contribution in [3.05, 3.63) is 23.8 Å². The summed E-state index contributed by atoms with van der Waals surface area (Å²) in [6.07, 6.45) is 10.3. The van der Waals surface area contributed by atoms with Crippen LogP contribution < -0.4 is 0 Å². The molecule has 1 N–H and O–H groups in total. The average Bonchev–Trinajstić information content (AvgIpc) is 2.99. The number of carbonyl (C=O) groups excluding carboxylic acids is 2. The highest BCUT2D eigenvalue weighted by molar-refractivity contribution is 6.01. The molecule has 5 heteroatoms. The molecule has 0 aliphatic heterocycles. The van der Waals surface area contributed by atoms with Crippen LogP contribution in [0.25, 0.3) is 0 Å². The smallest absolute Gasteiger partial charge is 0.303 e. The average molecular weight is 415 g/mol. The zero-order valence-corrected chi connectivity index (χ0v) is 18.5. The summed E-state index contributed by atoms with van der Waals surface area (Å²) in [4.78, 5) is 35.4. The van der Waals surface area contributed by atoms with E-state index in [4.69, 9.17) is 4.74 Å². The van der Waals surface area contributed by atoms with Crippen molar-refractivity contribution in [1.82, 2.24) is 0 Å². The van der Waals surface area contributed by atoms with E-state index < -0.39 is 5.97 Å². The van der Waals surface area contributed by atoms with Gasteiger partial charge in [-0.25, -0.2) is 0 Å². The number of fused-ring (bicyclic) bond motifs is 5. The number of carboxylic acids is 1. The van der Waals surface area contributed by atoms with Gasteiger partial charge in [-0.3, -0.25) is 14.4 Å². The molecular formula is C25H34O5. The first kappa shape index (κ1) is 21.3. The third kappa shape index (κ3) is 3.25. The van der Waals surface area contributed by atoms with E-state index in [0.717, 1.165) is 31.3 Å². The molecule has 0 aromatic heterocycles. The summed E-state index contributed by atoms with van der Waals surface area (Å²) in [5.41, 5.74) is 1.00. The van der Waals surface area contributed by atoms with E-state index in [9.17, 15) is 19.5 Å². The zero-order chi connectivity index (χ0) is 21.8. The van der Waals surface area contributed by atoms with Gasteiger partial charge in [0.05, 0.1) is 0 Å². The van der Waals surface area contributed by atoms with Gasteiger partial charge in [-0.05, 0) is 66.9 Å². The molecule has 0 heterocycles. The molecule has 30 heavy (non-hydrogen) atoms. The molecule has 4 unspecified atom stereocenters. The Morgan fingerprint density at radius 1 is 1.23 bits per heavy atom. The van der Waals surface area contributed by atoms with E-state index in [1.54, 1.807) is 12.2 Å². The number of rotatable bonds is 4. The SMILES string of the molecule is CC(=O)O[C@@H]1CC2=CC(=O)C=CC2(C)[C@H]2CCC3(C)C([C@H](C)CC(=O)O)CC[C@H]3C12. The number of aliphatic carboxylic acids is 1. The van der Waals surface area contributed by atoms with Crippen molar-refractivity contribution < 1.29 is 24.2 Å². The molecule has 3 saturated carbocycles. The summed E-state index contributed by atoms with van der Waals surface area (Å²) >= 11 is 0. The van der Waals surface area contributed by atoms with Gasteiger partial charge in [0.2, 0.25) is 0 Å². The Labute approximate surface area is 178 Å². The van der Waals surface area contributed by atoms with Crippen LogP contribution in [0.15, 0.2) is 23.8 Å². The van der Waals surface area contributed by atoms with Crippen molar-refractivity contribution in [2.45, 2.75) is 72.3 Å². The van der Waals surface area contributed by atoms with E-state index >= 15 is 0 Å². The van der Waals surface area contributed by atoms with Crippen LogP contribution in [-0.4, -0.2) is 28.9 Å². The highest BCUT2D eigenvalue weighted by Gasteiger charge is 2.62. The molecule has 4 aliphatic carbocycles. The number of carboxylic acid groups (broad SMARTS) is 1. The summed E-state index contributed by atoms with van der Waals surface area (Å²) in [5, 5.41) is 9.34. The lowest BCUT2D eigenvalue weighted by atomic mass is 9.46. The molecule has 0 spiro atoms. The van der Waals surface area contributed by atoms with Gasteiger partial charge >= 0.3 is 11.9 Å². The molecule has 0 saturated heterocycles. The molecule has 164 valence electrons. The summed E-state index contributed by atoms with van der Waals surface area (Å²) in [6, 6.07) is 0. The van der Waals surface area contributed by atoms with Crippen LogP contribution >= 0.6 is 0 Å². The topological polar surface area (TPSA) is 80.7 Å². The minimum Gasteiger partial charge on any atom is -0.481 e. The van der Waals surface area contributed by atoms with Crippen molar-refractivity contribution in [3.8, 4) is 0 Å². The van der Waals surface area contributed by atoms with Gasteiger partial charge in [0.1, 0.15) is 6.10 Å². The standard InChI is InChI=1S/C25H34O5/c1-14(11-22(28)29)18-5-6-19-23-20(8-10-25(18,19)4)24(3)9-7-17(27)12-16(24)13-21(23)30-15(2)26/h7,9,12,14,18-21,23H,5-6,8,10-11,13H2,1-4H3,(H,28,29)/t14-,18?,19+,20+,21-,23?,24?,25?/m1/s1. The van der Waals surface area contributed by atoms with Crippen LogP contribution in [0.3, 0.4) is 0 Å². The van der Waals surface area contributed by atoms with Gasteiger partial charge in [-0.2, -0.15) is 0 Å². The molecule has 0 aromatic carbocycles. The summed E-state index contributed by atoms with van der Waals surface area (Å²) < 4.78 is 5.89. The summed E-state index contributed by atoms with van der Waals surface area (Å²) in [7, 11) is 0. The lowest BCUT2D eigenvalue weighted by Gasteiger charge is -2.59. The Morgan fingerprint density at radius 2 is 1.97 bits per heavy atom. The van der Waals surface area contributed by atoms with Gasteiger partial charge in [0.25, 0.3) is 0 Å². The molecule has 4 aliphatic rings. The predicted molar refractivity (Wildman–Crippen MR) is 112 cm³/mol. The summed E-state index contributed by atoms with van der Waals surface area (Å²) in [6.45, 7) is 8.15. The minimum absolute atomic E-state index is 0.0200. The van der Waals surface area contributed by atoms with Gasteiger partial charge in [0.15, 0.2) is 5.78 Å². The van der Waals surface area contributed by atoms with Gasteiger partial charge in [0, 0.05) is 31.1 Å². The molecule has 8 atom stereocenters. The van der Waals surface area contributed by atoms with Crippen LogP contribution in [0, 0.1) is 40.4 Å². The van der Waals surface area contributed by atoms with Crippen LogP contribution in [0.2, 0.25) is 0 Å². The second-order valence-corrected chi connectivity index (χ2v) is 10.6. The maximum absolute atomic E-state index is 12.1. The first-order valence-electron chi connectivity index (χ1n) is 11.4. The highest BCUT2D eigenvalue weighted by atomic mass is 16.5. The van der Waals surface area contributed by atoms with Gasteiger partial charge in [-0.1, -0.05) is 32.4 Å². The maximum Gasteiger partial charge on any atom is 0.303 e. The Kier molecular flexibility index (Phi) is 5.22. The predicted octanol–water partition coefficient (Wildman–Crippen LogP) is 4.56. The van der Waals surface area contributed by atoms with Gasteiger partial charge < -0.3 is 9.84 Å². The van der Waals surface area contributed by atoms with Crippen molar-refractivity contribution >= 4 is 17.7 Å². The van der Waals surface area contributed by atoms with Crippen LogP contribution in [-0.2, 0) is 19.1 Å². The number of carbonyl (C=O) groups is 3. The van der Waals surface area contributed by atoms with E-state index in [-0.39, 0.29) is 46.9 Å². The van der Waals surface area contributed by atoms with Gasteiger partial charge in [-0.15, -0.1) is 0 Å². The fraction of sp³-hybridized carbons (Fsp3) is 0.720. The number of allylic oxidation sites excluding steroid dienone is 3. The number of hydrogen-bond donors (Lipinski definition) is 1. The van der Waals surface area contributed by atoms with Crippen LogP contribution in [0.5, 0.6) is 0 Å². The first-order chi connectivity index (χ1) is 14.1. The molecule has 3 fully saturated rings. The normalized spacial score (nSPS) is 43.1. The number of ketones is 1. The maximum atomic E-state index is 12.1. The molecule has 0 radical (unpaired) electrons. The quantitative estimate of drug-likeness (QED) is 0.682. The number of ether oxygens (including phenoxy) is 1. The van der Waals surface area contributed by atoms with Crippen LogP contribution in [0.4, 0.5) is 0 Å². The molecule has 4 rings (SSSR count).